The van der Waals surface area contributed by atoms with Crippen molar-refractivity contribution < 1.29 is 0 Å². The van der Waals surface area contributed by atoms with Gasteiger partial charge in [-0.05, 0) is 6.08 Å². The van der Waals surface area contributed by atoms with Crippen molar-refractivity contribution in [3.8, 4) is 0 Å². The lowest BCUT2D eigenvalue weighted by atomic mass is 9.97. The van der Waals surface area contributed by atoms with Crippen LogP contribution in [0.25, 0.3) is 0 Å². The van der Waals surface area contributed by atoms with Crippen LogP contribution >= 0.6 is 0 Å². The van der Waals surface area contributed by atoms with Gasteiger partial charge in [-0.1, -0.05) is 13.8 Å². The molecule has 0 aromatic heterocycles. The van der Waals surface area contributed by atoms with Crippen molar-refractivity contribution >= 4 is 6.21 Å². The normalized spacial score (nSPS) is 23.7. The Morgan fingerprint density at radius 2 is 2.29 bits per heavy atom. The maximum atomic E-state index is 3.88. The molecule has 37 valence electrons. The molecule has 1 aliphatic heterocycles. The number of rotatable bonds is 0. The molecule has 0 atom stereocenters. The maximum absolute atomic E-state index is 3.88. The van der Waals surface area contributed by atoms with Gasteiger partial charge in [0.2, 0.25) is 0 Å². The minimum Gasteiger partial charge on any atom is -0.268 e. The van der Waals surface area contributed by atoms with Crippen LogP contribution in [0.4, 0.5) is 0 Å². The molecule has 1 heteroatoms. The van der Waals surface area contributed by atoms with Crippen molar-refractivity contribution in [1.29, 1.82) is 0 Å². The third-order valence-electron chi connectivity index (χ3n) is 0.908. The summed E-state index contributed by atoms with van der Waals surface area (Å²) in [7, 11) is 0. The van der Waals surface area contributed by atoms with E-state index < -0.39 is 0 Å². The van der Waals surface area contributed by atoms with Crippen molar-refractivity contribution in [3.05, 3.63) is 12.3 Å². The van der Waals surface area contributed by atoms with E-state index in [1.165, 1.54) is 0 Å². The third kappa shape index (κ3) is 0.889. The SMILES string of the molecule is CC1(C)[C]=CN=C1. The Hall–Kier alpha value is -0.590. The van der Waals surface area contributed by atoms with E-state index in [0.29, 0.717) is 0 Å². The second-order valence-electron chi connectivity index (χ2n) is 2.27. The van der Waals surface area contributed by atoms with Crippen molar-refractivity contribution in [2.24, 2.45) is 10.4 Å². The molecule has 7 heavy (non-hydrogen) atoms. The Morgan fingerprint density at radius 1 is 1.57 bits per heavy atom. The Kier molecular flexibility index (Phi) is 0.775. The standard InChI is InChI=1S/C6H8N/c1-6(2)3-4-7-5-6/h4-5H,1-2H3. The van der Waals surface area contributed by atoms with Crippen LogP contribution in [-0.4, -0.2) is 6.21 Å². The van der Waals surface area contributed by atoms with Crippen LogP contribution in [0.2, 0.25) is 0 Å². The van der Waals surface area contributed by atoms with Crippen LogP contribution in [0.15, 0.2) is 11.2 Å². The minimum absolute atomic E-state index is 0.0972. The molecule has 1 aliphatic rings. The minimum atomic E-state index is 0.0972. The van der Waals surface area contributed by atoms with E-state index in [0.717, 1.165) is 0 Å². The molecule has 0 aromatic carbocycles. The Labute approximate surface area is 43.8 Å². The molecule has 0 bridgehead atoms. The predicted octanol–water partition coefficient (Wildman–Crippen LogP) is 1.41. The largest absolute Gasteiger partial charge is 0.268 e. The molecule has 1 nitrogen and oxygen atoms in total. The number of hydrogen-bond donors (Lipinski definition) is 0. The molecule has 0 spiro atoms. The molecule has 1 heterocycles. The number of nitrogens with zero attached hydrogens (tertiary/aromatic N) is 1. The van der Waals surface area contributed by atoms with E-state index in [1.54, 1.807) is 6.20 Å². The molecule has 0 unspecified atom stereocenters. The Morgan fingerprint density at radius 3 is 2.43 bits per heavy atom. The first-order chi connectivity index (χ1) is 3.21. The first-order valence-electron chi connectivity index (χ1n) is 2.34. The highest BCUT2D eigenvalue weighted by Crippen LogP contribution is 2.16. The van der Waals surface area contributed by atoms with Crippen molar-refractivity contribution in [1.82, 2.24) is 0 Å². The zero-order valence-electron chi connectivity index (χ0n) is 4.60. The molecule has 1 radical (unpaired) electrons. The van der Waals surface area contributed by atoms with Crippen LogP contribution in [0.3, 0.4) is 0 Å². The molecule has 0 fully saturated rings. The van der Waals surface area contributed by atoms with E-state index in [4.69, 9.17) is 0 Å². The van der Waals surface area contributed by atoms with Crippen molar-refractivity contribution in [2.75, 3.05) is 0 Å². The number of hydrogen-bond acceptors (Lipinski definition) is 1. The summed E-state index contributed by atoms with van der Waals surface area (Å²) in [6.07, 6.45) is 6.64. The van der Waals surface area contributed by atoms with Gasteiger partial charge in [-0.15, -0.1) is 0 Å². The summed E-state index contributed by atoms with van der Waals surface area (Å²) in [6, 6.07) is 0. The van der Waals surface area contributed by atoms with Crippen LogP contribution < -0.4 is 0 Å². The first kappa shape index (κ1) is 4.57. The van der Waals surface area contributed by atoms with Crippen molar-refractivity contribution in [3.63, 3.8) is 0 Å². The summed E-state index contributed by atoms with van der Waals surface area (Å²) in [5.41, 5.74) is 0.0972. The van der Waals surface area contributed by atoms with E-state index in [2.05, 4.69) is 24.9 Å². The average Bonchev–Trinajstić information content (AvgIpc) is 1.84. The predicted molar refractivity (Wildman–Crippen MR) is 30.1 cm³/mol. The van der Waals surface area contributed by atoms with Gasteiger partial charge >= 0.3 is 0 Å². The highest BCUT2D eigenvalue weighted by molar-refractivity contribution is 5.69. The monoisotopic (exact) mass is 94.1 g/mol. The summed E-state index contributed by atoms with van der Waals surface area (Å²) in [4.78, 5) is 3.88. The van der Waals surface area contributed by atoms with Crippen LogP contribution in [0.5, 0.6) is 0 Å². The van der Waals surface area contributed by atoms with E-state index in [-0.39, 0.29) is 5.41 Å². The molecule has 0 aliphatic carbocycles. The summed E-state index contributed by atoms with van der Waals surface area (Å²) in [5, 5.41) is 0. The lowest BCUT2D eigenvalue weighted by molar-refractivity contribution is 0.683. The second kappa shape index (κ2) is 1.19. The third-order valence-corrected chi connectivity index (χ3v) is 0.908. The van der Waals surface area contributed by atoms with E-state index in [1.807, 2.05) is 6.21 Å². The first-order valence-corrected chi connectivity index (χ1v) is 2.34. The van der Waals surface area contributed by atoms with Crippen LogP contribution in [-0.2, 0) is 0 Å². The highest BCUT2D eigenvalue weighted by atomic mass is 14.7. The molecule has 0 saturated heterocycles. The summed E-state index contributed by atoms with van der Waals surface area (Å²) < 4.78 is 0. The van der Waals surface area contributed by atoms with Gasteiger partial charge in [0.15, 0.2) is 0 Å². The smallest absolute Gasteiger partial charge is 0.0309 e. The van der Waals surface area contributed by atoms with Crippen LogP contribution in [0, 0.1) is 11.5 Å². The molecule has 0 N–H and O–H groups in total. The zero-order valence-corrected chi connectivity index (χ0v) is 4.60. The van der Waals surface area contributed by atoms with E-state index >= 15 is 0 Å². The van der Waals surface area contributed by atoms with Crippen molar-refractivity contribution in [2.45, 2.75) is 13.8 Å². The van der Waals surface area contributed by atoms with Gasteiger partial charge in [0.05, 0.1) is 0 Å². The summed E-state index contributed by atoms with van der Waals surface area (Å²) >= 11 is 0. The Bertz CT molecular complexity index is 106. The molecule has 0 amide bonds. The molecular formula is C6H8N. The van der Waals surface area contributed by atoms with Gasteiger partial charge < -0.3 is 0 Å². The summed E-state index contributed by atoms with van der Waals surface area (Å²) in [6.45, 7) is 4.14. The highest BCUT2D eigenvalue weighted by Gasteiger charge is 2.12. The van der Waals surface area contributed by atoms with Gasteiger partial charge in [0, 0.05) is 17.8 Å². The van der Waals surface area contributed by atoms with Gasteiger partial charge in [-0.2, -0.15) is 0 Å². The van der Waals surface area contributed by atoms with E-state index in [9.17, 15) is 0 Å². The topological polar surface area (TPSA) is 12.4 Å². The lowest BCUT2D eigenvalue weighted by Gasteiger charge is -2.04. The molecule has 0 saturated carbocycles. The Balaban J connectivity index is 2.77. The fourth-order valence-corrected chi connectivity index (χ4v) is 0.465. The fraction of sp³-hybridized carbons (Fsp3) is 0.500. The van der Waals surface area contributed by atoms with Gasteiger partial charge in [0.1, 0.15) is 0 Å². The van der Waals surface area contributed by atoms with Gasteiger partial charge in [-0.3, -0.25) is 4.99 Å². The number of aliphatic imine (C=N–C) groups is 1. The second-order valence-corrected chi connectivity index (χ2v) is 2.27. The summed E-state index contributed by atoms with van der Waals surface area (Å²) in [5.74, 6) is 0. The maximum Gasteiger partial charge on any atom is 0.0309 e. The lowest BCUT2D eigenvalue weighted by Crippen LogP contribution is -2.04. The zero-order chi connectivity index (χ0) is 5.33. The van der Waals surface area contributed by atoms with Gasteiger partial charge in [-0.25, -0.2) is 0 Å². The number of allylic oxidation sites excluding steroid dienone is 1. The molecule has 0 aromatic rings. The van der Waals surface area contributed by atoms with Gasteiger partial charge in [0.25, 0.3) is 0 Å². The fourth-order valence-electron chi connectivity index (χ4n) is 0.465. The molecular weight excluding hydrogens is 86.1 g/mol. The quantitative estimate of drug-likeness (QED) is 0.430. The van der Waals surface area contributed by atoms with Crippen LogP contribution in [0.1, 0.15) is 13.8 Å². The molecule has 1 rings (SSSR count). The average molecular weight is 94.1 g/mol.